The minimum atomic E-state index is -0.352. The van der Waals surface area contributed by atoms with Crippen molar-refractivity contribution in [3.8, 4) is 0 Å². The first-order chi connectivity index (χ1) is 25.3. The monoisotopic (exact) mass is 702 g/mol. The van der Waals surface area contributed by atoms with Crippen LogP contribution < -0.4 is 15.5 Å². The maximum atomic E-state index is 13.4. The number of amides is 3. The van der Waals surface area contributed by atoms with Crippen molar-refractivity contribution >= 4 is 29.1 Å². The molecule has 2 N–H and O–H groups in total. The van der Waals surface area contributed by atoms with E-state index in [-0.39, 0.29) is 23.3 Å². The zero-order valence-corrected chi connectivity index (χ0v) is 29.9. The van der Waals surface area contributed by atoms with E-state index in [1.807, 2.05) is 83.6 Å². The average molecular weight is 703 g/mol. The minimum absolute atomic E-state index is 0.0196. The first-order valence-corrected chi connectivity index (χ1v) is 18.2. The number of anilines is 2. The molecule has 12 heteroatoms. The van der Waals surface area contributed by atoms with Crippen molar-refractivity contribution in [1.82, 2.24) is 29.6 Å². The van der Waals surface area contributed by atoms with E-state index in [4.69, 9.17) is 4.74 Å². The molecule has 0 atom stereocenters. The summed E-state index contributed by atoms with van der Waals surface area (Å²) in [5, 5.41) is 6.02. The molecule has 270 valence electrons. The highest BCUT2D eigenvalue weighted by molar-refractivity contribution is 6.04. The Hall–Kier alpha value is -5.04. The molecule has 1 aliphatic carbocycles. The van der Waals surface area contributed by atoms with Gasteiger partial charge in [-0.1, -0.05) is 24.3 Å². The first-order valence-electron chi connectivity index (χ1n) is 18.2. The van der Waals surface area contributed by atoms with Crippen LogP contribution >= 0.6 is 0 Å². The van der Waals surface area contributed by atoms with E-state index in [0.717, 1.165) is 61.3 Å². The summed E-state index contributed by atoms with van der Waals surface area (Å²) in [5.74, 6) is -0.0172. The molecule has 0 bridgehead atoms. The number of carbonyl (C=O) groups excluding carboxylic acids is 3. The van der Waals surface area contributed by atoms with Gasteiger partial charge in [0.25, 0.3) is 17.7 Å². The molecule has 52 heavy (non-hydrogen) atoms. The molecule has 0 unspecified atom stereocenters. The molecule has 2 saturated heterocycles. The SMILES string of the molecule is CN(C)C(=O)c1ccc(CN2CCn3c(cnc3C(=O)NCc3ccc(NC(=O)c4ccc(N5CCN(C6CC6)CC5)cc4)cc3)C23COC3)cc1. The second kappa shape index (κ2) is 14.2. The van der Waals surface area contributed by atoms with Crippen LogP contribution in [0.3, 0.4) is 0 Å². The van der Waals surface area contributed by atoms with Gasteiger partial charge in [-0.05, 0) is 72.5 Å². The quantitative estimate of drug-likeness (QED) is 0.257. The number of ether oxygens (including phenoxy) is 1. The summed E-state index contributed by atoms with van der Waals surface area (Å²) in [5.41, 5.74) is 5.78. The van der Waals surface area contributed by atoms with Gasteiger partial charge in [-0.3, -0.25) is 24.2 Å². The summed E-state index contributed by atoms with van der Waals surface area (Å²) in [6.45, 7) is 7.72. The van der Waals surface area contributed by atoms with Crippen LogP contribution in [0, 0.1) is 0 Å². The van der Waals surface area contributed by atoms with Gasteiger partial charge in [0, 0.05) is 95.0 Å². The van der Waals surface area contributed by atoms with Gasteiger partial charge >= 0.3 is 0 Å². The number of hydrogen-bond acceptors (Lipinski definition) is 8. The molecule has 8 rings (SSSR count). The number of aromatic nitrogens is 2. The Morgan fingerprint density at radius 2 is 1.48 bits per heavy atom. The number of piperazine rings is 1. The van der Waals surface area contributed by atoms with Crippen molar-refractivity contribution in [2.45, 2.75) is 44.1 Å². The normalized spacial score (nSPS) is 18.4. The number of benzene rings is 3. The van der Waals surface area contributed by atoms with E-state index < -0.39 is 0 Å². The molecular weight excluding hydrogens is 656 g/mol. The smallest absolute Gasteiger partial charge is 0.287 e. The molecule has 0 radical (unpaired) electrons. The van der Waals surface area contributed by atoms with Crippen LogP contribution in [0.2, 0.25) is 0 Å². The summed E-state index contributed by atoms with van der Waals surface area (Å²) in [6.07, 6.45) is 4.50. The molecular formula is C40H46N8O4. The summed E-state index contributed by atoms with van der Waals surface area (Å²) in [7, 11) is 3.50. The molecule has 1 aromatic heterocycles. The number of fused-ring (bicyclic) bond motifs is 2. The van der Waals surface area contributed by atoms with Crippen molar-refractivity contribution in [2.75, 3.05) is 70.2 Å². The van der Waals surface area contributed by atoms with E-state index in [0.29, 0.717) is 55.5 Å². The summed E-state index contributed by atoms with van der Waals surface area (Å²) >= 11 is 0. The van der Waals surface area contributed by atoms with E-state index in [2.05, 4.69) is 30.3 Å². The van der Waals surface area contributed by atoms with Gasteiger partial charge in [0.2, 0.25) is 0 Å². The van der Waals surface area contributed by atoms with Crippen LogP contribution in [-0.4, -0.2) is 108 Å². The van der Waals surface area contributed by atoms with E-state index >= 15 is 0 Å². The molecule has 4 heterocycles. The fraction of sp³-hybridized carbons (Fsp3) is 0.400. The number of hydrogen-bond donors (Lipinski definition) is 2. The van der Waals surface area contributed by atoms with Crippen LogP contribution in [-0.2, 0) is 29.9 Å². The highest BCUT2D eigenvalue weighted by atomic mass is 16.5. The molecule has 3 aromatic carbocycles. The van der Waals surface area contributed by atoms with Gasteiger partial charge in [-0.25, -0.2) is 4.98 Å². The fourth-order valence-electron chi connectivity index (χ4n) is 7.62. The van der Waals surface area contributed by atoms with Gasteiger partial charge in [0.1, 0.15) is 5.54 Å². The highest BCUT2D eigenvalue weighted by Gasteiger charge is 2.50. The largest absolute Gasteiger partial charge is 0.377 e. The lowest BCUT2D eigenvalue weighted by molar-refractivity contribution is -0.162. The predicted octanol–water partition coefficient (Wildman–Crippen LogP) is 3.79. The van der Waals surface area contributed by atoms with Crippen LogP contribution in [0.25, 0.3) is 0 Å². The zero-order chi connectivity index (χ0) is 35.8. The predicted molar refractivity (Wildman–Crippen MR) is 198 cm³/mol. The van der Waals surface area contributed by atoms with E-state index in [1.54, 1.807) is 19.0 Å². The standard InChI is InChI=1S/C40H46N8O4/c1-44(2)39(51)31-7-3-29(4-8-31)25-47-21-22-48-35(40(47)26-52-27-40)24-41-36(48)38(50)42-23-28-5-11-32(12-6-28)43-37(49)30-9-13-33(14-10-30)45-17-19-46(20-18-45)34-15-16-34/h3-14,24,34H,15-23,25-27H2,1-2H3,(H,42,50)(H,43,49). The maximum Gasteiger partial charge on any atom is 0.287 e. The second-order valence-corrected chi connectivity index (χ2v) is 14.6. The fourth-order valence-corrected chi connectivity index (χ4v) is 7.62. The molecule has 4 aliphatic rings. The summed E-state index contributed by atoms with van der Waals surface area (Å²) < 4.78 is 7.75. The third-order valence-electron chi connectivity index (χ3n) is 10.9. The number of nitrogens with zero attached hydrogens (tertiary/aromatic N) is 6. The third kappa shape index (κ3) is 6.81. The van der Waals surface area contributed by atoms with Crippen molar-refractivity contribution in [1.29, 1.82) is 0 Å². The van der Waals surface area contributed by atoms with Crippen LogP contribution in [0.1, 0.15) is 61.0 Å². The molecule has 3 fully saturated rings. The van der Waals surface area contributed by atoms with Crippen LogP contribution in [0.15, 0.2) is 79.0 Å². The molecule has 1 saturated carbocycles. The Morgan fingerprint density at radius 1 is 0.808 bits per heavy atom. The third-order valence-corrected chi connectivity index (χ3v) is 10.9. The molecule has 12 nitrogen and oxygen atoms in total. The lowest BCUT2D eigenvalue weighted by atomic mass is 9.88. The van der Waals surface area contributed by atoms with E-state index in [9.17, 15) is 14.4 Å². The molecule has 3 aliphatic heterocycles. The minimum Gasteiger partial charge on any atom is -0.377 e. The van der Waals surface area contributed by atoms with Crippen molar-refractivity contribution in [2.24, 2.45) is 0 Å². The topological polar surface area (TPSA) is 115 Å². The van der Waals surface area contributed by atoms with Crippen LogP contribution in [0.5, 0.6) is 0 Å². The number of carbonyl (C=O) groups is 3. The second-order valence-electron chi connectivity index (χ2n) is 14.6. The molecule has 3 amide bonds. The molecule has 4 aromatic rings. The Balaban J connectivity index is 0.841. The average Bonchev–Trinajstić information content (AvgIpc) is 3.92. The first kappa shape index (κ1) is 34.1. The van der Waals surface area contributed by atoms with Gasteiger partial charge in [-0.2, -0.15) is 0 Å². The van der Waals surface area contributed by atoms with Crippen molar-refractivity contribution in [3.63, 3.8) is 0 Å². The lowest BCUT2D eigenvalue weighted by Gasteiger charge is -2.52. The van der Waals surface area contributed by atoms with Crippen molar-refractivity contribution < 1.29 is 19.1 Å². The number of imidazole rings is 1. The Labute approximate surface area is 304 Å². The van der Waals surface area contributed by atoms with Gasteiger partial charge in [-0.15, -0.1) is 0 Å². The Morgan fingerprint density at radius 3 is 2.12 bits per heavy atom. The Bertz CT molecular complexity index is 1920. The lowest BCUT2D eigenvalue weighted by Crippen LogP contribution is -2.63. The van der Waals surface area contributed by atoms with Crippen LogP contribution in [0.4, 0.5) is 11.4 Å². The highest BCUT2D eigenvalue weighted by Crippen LogP contribution is 2.40. The number of nitrogens with one attached hydrogen (secondary N) is 2. The number of rotatable bonds is 10. The zero-order valence-electron chi connectivity index (χ0n) is 29.9. The maximum absolute atomic E-state index is 13.4. The van der Waals surface area contributed by atoms with E-state index in [1.165, 1.54) is 12.8 Å². The molecule has 1 spiro atoms. The van der Waals surface area contributed by atoms with Gasteiger partial charge in [0.15, 0.2) is 5.82 Å². The summed E-state index contributed by atoms with van der Waals surface area (Å²) in [4.78, 5) is 52.2. The van der Waals surface area contributed by atoms with Gasteiger partial charge < -0.3 is 29.7 Å². The van der Waals surface area contributed by atoms with Crippen molar-refractivity contribution in [3.05, 3.63) is 113 Å². The summed E-state index contributed by atoms with van der Waals surface area (Å²) in [6, 6.07) is 23.9. The van der Waals surface area contributed by atoms with Gasteiger partial charge in [0.05, 0.1) is 25.1 Å². The Kier molecular flexibility index (Phi) is 9.29.